The number of aryl methyl sites for hydroxylation is 2. The summed E-state index contributed by atoms with van der Waals surface area (Å²) in [6.07, 6.45) is 7.08. The molecule has 0 N–H and O–H groups in total. The summed E-state index contributed by atoms with van der Waals surface area (Å²) >= 11 is 0. The molecule has 0 heterocycles. The average molecular weight is 199 g/mol. The molecule has 0 fully saturated rings. The number of oxime groups is 1. The molecule has 0 aromatic heterocycles. The summed E-state index contributed by atoms with van der Waals surface area (Å²) in [5, 5.41) is 4.06. The first kappa shape index (κ1) is 9.79. The predicted octanol–water partition coefficient (Wildman–Crippen LogP) is 2.30. The van der Waals surface area contributed by atoms with E-state index in [1.165, 1.54) is 16.7 Å². The lowest BCUT2D eigenvalue weighted by molar-refractivity contribution is 0.179. The Kier molecular flexibility index (Phi) is 2.73. The first-order valence-electron chi connectivity index (χ1n) is 5.03. The second-order valence-corrected chi connectivity index (χ2v) is 3.68. The lowest BCUT2D eigenvalue weighted by atomic mass is 10.1. The van der Waals surface area contributed by atoms with Crippen molar-refractivity contribution in [1.82, 2.24) is 0 Å². The van der Waals surface area contributed by atoms with Gasteiger partial charge >= 0.3 is 0 Å². The smallest absolute Gasteiger partial charge is 0.177 e. The van der Waals surface area contributed by atoms with Gasteiger partial charge in [-0.2, -0.15) is 0 Å². The minimum atomic E-state index is 0.241. The van der Waals surface area contributed by atoms with Gasteiger partial charge in [-0.1, -0.05) is 34.8 Å². The van der Waals surface area contributed by atoms with Crippen molar-refractivity contribution in [2.24, 2.45) is 5.16 Å². The fourth-order valence-electron chi connectivity index (χ4n) is 1.84. The molecule has 1 aromatic carbocycles. The highest BCUT2D eigenvalue weighted by molar-refractivity contribution is 6.04. The van der Waals surface area contributed by atoms with Crippen molar-refractivity contribution >= 4 is 5.71 Å². The minimum absolute atomic E-state index is 0.241. The third kappa shape index (κ3) is 2.02. The molecule has 0 saturated heterocycles. The second kappa shape index (κ2) is 4.18. The molecule has 2 nitrogen and oxygen atoms in total. The number of terminal acetylenes is 1. The van der Waals surface area contributed by atoms with Crippen molar-refractivity contribution in [3.8, 4) is 12.3 Å². The summed E-state index contributed by atoms with van der Waals surface area (Å²) in [6.45, 7) is 2.34. The van der Waals surface area contributed by atoms with Crippen LogP contribution in [0.1, 0.15) is 23.1 Å². The zero-order valence-electron chi connectivity index (χ0n) is 8.79. The van der Waals surface area contributed by atoms with Crippen molar-refractivity contribution in [2.45, 2.75) is 19.8 Å². The van der Waals surface area contributed by atoms with Gasteiger partial charge in [0.15, 0.2) is 6.61 Å². The van der Waals surface area contributed by atoms with Gasteiger partial charge in [-0.05, 0) is 25.3 Å². The normalized spacial score (nSPS) is 16.1. The molecular formula is C13H13NO. The fraction of sp³-hybridized carbons (Fsp3) is 0.308. The van der Waals surface area contributed by atoms with E-state index in [9.17, 15) is 0 Å². The molecule has 2 heteroatoms. The maximum absolute atomic E-state index is 5.08. The molecular weight excluding hydrogens is 186 g/mol. The molecule has 0 amide bonds. The van der Waals surface area contributed by atoms with E-state index in [0.29, 0.717) is 0 Å². The van der Waals surface area contributed by atoms with Gasteiger partial charge in [-0.15, -0.1) is 6.42 Å². The van der Waals surface area contributed by atoms with Crippen LogP contribution in [-0.4, -0.2) is 12.3 Å². The van der Waals surface area contributed by atoms with Crippen LogP contribution in [0.2, 0.25) is 0 Å². The van der Waals surface area contributed by atoms with Gasteiger partial charge in [0.2, 0.25) is 0 Å². The van der Waals surface area contributed by atoms with Crippen LogP contribution in [0.3, 0.4) is 0 Å². The summed E-state index contributed by atoms with van der Waals surface area (Å²) < 4.78 is 0. The first-order chi connectivity index (χ1) is 7.31. The molecule has 2 rings (SSSR count). The Morgan fingerprint density at radius 2 is 2.33 bits per heavy atom. The molecule has 15 heavy (non-hydrogen) atoms. The number of rotatable bonds is 2. The Morgan fingerprint density at radius 3 is 3.13 bits per heavy atom. The predicted molar refractivity (Wildman–Crippen MR) is 60.8 cm³/mol. The van der Waals surface area contributed by atoms with Crippen molar-refractivity contribution in [1.29, 1.82) is 0 Å². The number of nitrogens with zero attached hydrogens (tertiary/aromatic N) is 1. The molecule has 0 unspecified atom stereocenters. The van der Waals surface area contributed by atoms with Crippen LogP contribution in [-0.2, 0) is 11.3 Å². The van der Waals surface area contributed by atoms with Crippen LogP contribution >= 0.6 is 0 Å². The Bertz CT molecular complexity index is 440. The molecule has 0 atom stereocenters. The van der Waals surface area contributed by atoms with E-state index in [-0.39, 0.29) is 6.61 Å². The third-order valence-electron chi connectivity index (χ3n) is 2.53. The maximum atomic E-state index is 5.08. The van der Waals surface area contributed by atoms with Gasteiger partial charge in [-0.25, -0.2) is 0 Å². The Balaban J connectivity index is 2.22. The van der Waals surface area contributed by atoms with E-state index >= 15 is 0 Å². The van der Waals surface area contributed by atoms with E-state index < -0.39 is 0 Å². The molecule has 0 saturated carbocycles. The van der Waals surface area contributed by atoms with E-state index in [2.05, 4.69) is 36.2 Å². The second-order valence-electron chi connectivity index (χ2n) is 3.68. The minimum Gasteiger partial charge on any atom is -0.382 e. The van der Waals surface area contributed by atoms with Crippen molar-refractivity contribution in [3.63, 3.8) is 0 Å². The lowest BCUT2D eigenvalue weighted by Gasteiger charge is -2.00. The molecule has 0 aliphatic heterocycles. The number of hydrogen-bond donors (Lipinski definition) is 0. The zero-order chi connectivity index (χ0) is 10.7. The SMILES string of the molecule is C#CCO/N=C1\CCc2cc(C)ccc21. The summed E-state index contributed by atoms with van der Waals surface area (Å²) in [7, 11) is 0. The maximum Gasteiger partial charge on any atom is 0.177 e. The highest BCUT2D eigenvalue weighted by atomic mass is 16.6. The molecule has 0 bridgehead atoms. The summed E-state index contributed by atoms with van der Waals surface area (Å²) in [6, 6.07) is 6.41. The number of hydrogen-bond acceptors (Lipinski definition) is 2. The van der Waals surface area contributed by atoms with Crippen molar-refractivity contribution < 1.29 is 4.84 Å². The molecule has 1 aliphatic carbocycles. The van der Waals surface area contributed by atoms with E-state index in [1.807, 2.05) is 0 Å². The zero-order valence-corrected chi connectivity index (χ0v) is 8.79. The van der Waals surface area contributed by atoms with Crippen molar-refractivity contribution in [3.05, 3.63) is 34.9 Å². The first-order valence-corrected chi connectivity index (χ1v) is 5.03. The number of fused-ring (bicyclic) bond motifs is 1. The lowest BCUT2D eigenvalue weighted by Crippen LogP contribution is -1.96. The Hall–Kier alpha value is -1.75. The topological polar surface area (TPSA) is 21.6 Å². The van der Waals surface area contributed by atoms with Crippen LogP contribution in [0.15, 0.2) is 23.4 Å². The van der Waals surface area contributed by atoms with Gasteiger partial charge < -0.3 is 4.84 Å². The van der Waals surface area contributed by atoms with E-state index in [4.69, 9.17) is 11.3 Å². The molecule has 0 radical (unpaired) electrons. The Labute approximate surface area is 89.9 Å². The monoisotopic (exact) mass is 199 g/mol. The van der Waals surface area contributed by atoms with Crippen LogP contribution in [0.5, 0.6) is 0 Å². The van der Waals surface area contributed by atoms with E-state index in [1.54, 1.807) is 0 Å². The molecule has 1 aromatic rings. The summed E-state index contributed by atoms with van der Waals surface area (Å²) in [5.74, 6) is 2.40. The standard InChI is InChI=1S/C13H13NO/c1-3-8-15-14-13-7-5-11-9-10(2)4-6-12(11)13/h1,4,6,9H,5,7-8H2,2H3/b14-13+. The van der Waals surface area contributed by atoms with Gasteiger partial charge in [-0.3, -0.25) is 0 Å². The van der Waals surface area contributed by atoms with Crippen molar-refractivity contribution in [2.75, 3.05) is 6.61 Å². The Morgan fingerprint density at radius 1 is 1.47 bits per heavy atom. The van der Waals surface area contributed by atoms with Gasteiger partial charge in [0, 0.05) is 5.56 Å². The fourth-order valence-corrected chi connectivity index (χ4v) is 1.84. The van der Waals surface area contributed by atoms with Crippen LogP contribution in [0, 0.1) is 19.3 Å². The van der Waals surface area contributed by atoms with E-state index in [0.717, 1.165) is 18.6 Å². The molecule has 0 spiro atoms. The molecule has 1 aliphatic rings. The average Bonchev–Trinajstić information content (AvgIpc) is 2.61. The van der Waals surface area contributed by atoms with Crippen LogP contribution in [0.25, 0.3) is 0 Å². The third-order valence-corrected chi connectivity index (χ3v) is 2.53. The highest BCUT2D eigenvalue weighted by Gasteiger charge is 2.17. The summed E-state index contributed by atoms with van der Waals surface area (Å²) in [5.41, 5.74) is 4.87. The summed E-state index contributed by atoms with van der Waals surface area (Å²) in [4.78, 5) is 5.01. The van der Waals surface area contributed by atoms with Crippen LogP contribution < -0.4 is 0 Å². The largest absolute Gasteiger partial charge is 0.382 e. The van der Waals surface area contributed by atoms with Gasteiger partial charge in [0.05, 0.1) is 5.71 Å². The molecule has 76 valence electrons. The number of benzene rings is 1. The van der Waals surface area contributed by atoms with Crippen LogP contribution in [0.4, 0.5) is 0 Å². The quantitative estimate of drug-likeness (QED) is 0.407. The highest BCUT2D eigenvalue weighted by Crippen LogP contribution is 2.23. The van der Waals surface area contributed by atoms with Gasteiger partial charge in [0.1, 0.15) is 0 Å². The van der Waals surface area contributed by atoms with Gasteiger partial charge in [0.25, 0.3) is 0 Å².